The van der Waals surface area contributed by atoms with Crippen LogP contribution in [0.25, 0.3) is 0 Å². The molecule has 1 aromatic rings. The molecule has 1 saturated heterocycles. The predicted molar refractivity (Wildman–Crippen MR) is 79.4 cm³/mol. The SMILES string of the molecule is C[C@H]1C[C@H](C)CN(CC(=O)Nc2ccc(F)c(Cl)c2)C1. The van der Waals surface area contributed by atoms with Crippen molar-refractivity contribution in [3.05, 3.63) is 29.0 Å². The molecule has 2 rings (SSSR count). The van der Waals surface area contributed by atoms with E-state index in [4.69, 9.17) is 11.6 Å². The Balaban J connectivity index is 1.90. The van der Waals surface area contributed by atoms with Gasteiger partial charge in [-0.1, -0.05) is 25.4 Å². The third kappa shape index (κ3) is 4.18. The molecule has 1 heterocycles. The van der Waals surface area contributed by atoms with Crippen molar-refractivity contribution in [2.75, 3.05) is 25.0 Å². The van der Waals surface area contributed by atoms with Crippen LogP contribution in [0.15, 0.2) is 18.2 Å². The van der Waals surface area contributed by atoms with Crippen LogP contribution < -0.4 is 5.32 Å². The van der Waals surface area contributed by atoms with Crippen LogP contribution in [0.2, 0.25) is 5.02 Å². The molecule has 1 amide bonds. The van der Waals surface area contributed by atoms with Gasteiger partial charge >= 0.3 is 0 Å². The van der Waals surface area contributed by atoms with Crippen molar-refractivity contribution in [3.8, 4) is 0 Å². The first-order valence-electron chi connectivity index (χ1n) is 6.91. The number of hydrogen-bond acceptors (Lipinski definition) is 2. The van der Waals surface area contributed by atoms with E-state index >= 15 is 0 Å². The number of nitrogens with one attached hydrogen (secondary N) is 1. The number of likely N-dealkylation sites (tertiary alicyclic amines) is 1. The highest BCUT2D eigenvalue weighted by molar-refractivity contribution is 6.31. The molecule has 0 unspecified atom stereocenters. The second kappa shape index (κ2) is 6.55. The topological polar surface area (TPSA) is 32.3 Å². The Kier molecular flexibility index (Phi) is 5.00. The lowest BCUT2D eigenvalue weighted by atomic mass is 9.92. The quantitative estimate of drug-likeness (QED) is 0.927. The molecule has 1 aliphatic rings. The second-order valence-corrected chi connectivity index (χ2v) is 6.22. The number of carbonyl (C=O) groups is 1. The fourth-order valence-corrected chi connectivity index (χ4v) is 3.08. The molecular weight excluding hydrogens is 279 g/mol. The Bertz CT molecular complexity index is 485. The van der Waals surface area contributed by atoms with Crippen molar-refractivity contribution < 1.29 is 9.18 Å². The number of amides is 1. The van der Waals surface area contributed by atoms with Gasteiger partial charge in [0.1, 0.15) is 5.82 Å². The summed E-state index contributed by atoms with van der Waals surface area (Å²) in [4.78, 5) is 14.2. The van der Waals surface area contributed by atoms with E-state index in [2.05, 4.69) is 24.1 Å². The first-order chi connectivity index (χ1) is 9.44. The molecule has 1 fully saturated rings. The van der Waals surface area contributed by atoms with E-state index in [1.165, 1.54) is 24.6 Å². The summed E-state index contributed by atoms with van der Waals surface area (Å²) in [6.45, 7) is 6.67. The average Bonchev–Trinajstić information content (AvgIpc) is 2.32. The maximum absolute atomic E-state index is 13.0. The van der Waals surface area contributed by atoms with Crippen molar-refractivity contribution in [2.45, 2.75) is 20.3 Å². The smallest absolute Gasteiger partial charge is 0.238 e. The van der Waals surface area contributed by atoms with Crippen molar-refractivity contribution in [1.82, 2.24) is 4.90 Å². The summed E-state index contributed by atoms with van der Waals surface area (Å²) >= 11 is 5.69. The van der Waals surface area contributed by atoms with E-state index in [9.17, 15) is 9.18 Å². The molecule has 0 bridgehead atoms. The zero-order chi connectivity index (χ0) is 14.7. The molecule has 0 aromatic heterocycles. The zero-order valence-electron chi connectivity index (χ0n) is 11.8. The molecule has 2 atom stereocenters. The molecule has 3 nitrogen and oxygen atoms in total. The minimum Gasteiger partial charge on any atom is -0.325 e. The minimum atomic E-state index is -0.483. The van der Waals surface area contributed by atoms with Crippen LogP contribution in [0.3, 0.4) is 0 Å². The van der Waals surface area contributed by atoms with Gasteiger partial charge in [-0.15, -0.1) is 0 Å². The highest BCUT2D eigenvalue weighted by atomic mass is 35.5. The zero-order valence-corrected chi connectivity index (χ0v) is 12.6. The lowest BCUT2D eigenvalue weighted by molar-refractivity contribution is -0.117. The lowest BCUT2D eigenvalue weighted by Gasteiger charge is -2.34. The molecule has 1 aliphatic heterocycles. The third-order valence-electron chi connectivity index (χ3n) is 3.52. The second-order valence-electron chi connectivity index (χ2n) is 5.82. The molecule has 110 valence electrons. The summed E-state index contributed by atoms with van der Waals surface area (Å²) in [6.07, 6.45) is 1.21. The standard InChI is InChI=1S/C15H20ClFN2O/c1-10-5-11(2)8-19(7-10)9-15(20)18-12-3-4-14(17)13(16)6-12/h3-4,6,10-11H,5,7-9H2,1-2H3,(H,18,20)/t10-,11-/m0/s1. The maximum atomic E-state index is 13.0. The molecule has 5 heteroatoms. The number of nitrogens with zero attached hydrogens (tertiary/aromatic N) is 1. The van der Waals surface area contributed by atoms with Crippen LogP contribution in [-0.2, 0) is 4.79 Å². The van der Waals surface area contributed by atoms with Crippen molar-refractivity contribution in [1.29, 1.82) is 0 Å². The summed E-state index contributed by atoms with van der Waals surface area (Å²) in [5.41, 5.74) is 0.527. The van der Waals surface area contributed by atoms with Gasteiger partial charge in [0.25, 0.3) is 0 Å². The molecule has 20 heavy (non-hydrogen) atoms. The first-order valence-corrected chi connectivity index (χ1v) is 7.29. The van der Waals surface area contributed by atoms with Gasteiger partial charge in [-0.2, -0.15) is 0 Å². The Morgan fingerprint density at radius 3 is 2.65 bits per heavy atom. The molecule has 0 spiro atoms. The minimum absolute atomic E-state index is 0.0167. The van der Waals surface area contributed by atoms with Crippen LogP contribution in [0, 0.1) is 17.7 Å². The summed E-state index contributed by atoms with van der Waals surface area (Å²) in [5.74, 6) is 0.663. The van der Waals surface area contributed by atoms with Crippen LogP contribution in [-0.4, -0.2) is 30.4 Å². The van der Waals surface area contributed by atoms with E-state index in [1.54, 1.807) is 0 Å². The van der Waals surface area contributed by atoms with E-state index in [1.807, 2.05) is 0 Å². The van der Waals surface area contributed by atoms with E-state index < -0.39 is 5.82 Å². The fourth-order valence-electron chi connectivity index (χ4n) is 2.90. The first kappa shape index (κ1) is 15.3. The van der Waals surface area contributed by atoms with Crippen LogP contribution in [0.1, 0.15) is 20.3 Å². The summed E-state index contributed by atoms with van der Waals surface area (Å²) in [7, 11) is 0. The normalized spacial score (nSPS) is 23.6. The maximum Gasteiger partial charge on any atom is 0.238 e. The van der Waals surface area contributed by atoms with Crippen LogP contribution in [0.5, 0.6) is 0 Å². The molecular formula is C15H20ClFN2O. The molecule has 0 saturated carbocycles. The monoisotopic (exact) mass is 298 g/mol. The van der Waals surface area contributed by atoms with Crippen molar-refractivity contribution in [2.24, 2.45) is 11.8 Å². The number of anilines is 1. The van der Waals surface area contributed by atoms with Gasteiger partial charge in [0.15, 0.2) is 0 Å². The van der Waals surface area contributed by atoms with Gasteiger partial charge in [0.2, 0.25) is 5.91 Å². The van der Waals surface area contributed by atoms with Gasteiger partial charge in [-0.3, -0.25) is 9.69 Å². The number of hydrogen-bond donors (Lipinski definition) is 1. The molecule has 1 N–H and O–H groups in total. The Morgan fingerprint density at radius 1 is 1.40 bits per heavy atom. The highest BCUT2D eigenvalue weighted by Crippen LogP contribution is 2.21. The summed E-state index contributed by atoms with van der Waals surface area (Å²) in [6, 6.07) is 4.19. The highest BCUT2D eigenvalue weighted by Gasteiger charge is 2.23. The predicted octanol–water partition coefficient (Wildman–Crippen LogP) is 3.40. The van der Waals surface area contributed by atoms with Gasteiger partial charge in [0.05, 0.1) is 11.6 Å². The lowest BCUT2D eigenvalue weighted by Crippen LogP contribution is -2.42. The number of halogens is 2. The summed E-state index contributed by atoms with van der Waals surface area (Å²) < 4.78 is 13.0. The number of carbonyl (C=O) groups excluding carboxylic acids is 1. The molecule has 0 radical (unpaired) electrons. The third-order valence-corrected chi connectivity index (χ3v) is 3.80. The number of rotatable bonds is 3. The summed E-state index contributed by atoms with van der Waals surface area (Å²) in [5, 5.41) is 2.77. The van der Waals surface area contributed by atoms with Crippen molar-refractivity contribution in [3.63, 3.8) is 0 Å². The number of benzene rings is 1. The van der Waals surface area contributed by atoms with Crippen LogP contribution >= 0.6 is 11.6 Å². The Labute approximate surface area is 124 Å². The van der Waals surface area contributed by atoms with Gasteiger partial charge < -0.3 is 5.32 Å². The average molecular weight is 299 g/mol. The Morgan fingerprint density at radius 2 is 2.05 bits per heavy atom. The van der Waals surface area contributed by atoms with Gasteiger partial charge in [-0.05, 0) is 36.5 Å². The van der Waals surface area contributed by atoms with Crippen LogP contribution in [0.4, 0.5) is 10.1 Å². The molecule has 0 aliphatic carbocycles. The largest absolute Gasteiger partial charge is 0.325 e. The van der Waals surface area contributed by atoms with Crippen molar-refractivity contribution >= 4 is 23.2 Å². The Hall–Kier alpha value is -1.13. The van der Waals surface area contributed by atoms with Gasteiger partial charge in [-0.25, -0.2) is 4.39 Å². The molecule has 1 aromatic carbocycles. The fraction of sp³-hybridized carbons (Fsp3) is 0.533. The van der Waals surface area contributed by atoms with E-state index in [0.717, 1.165) is 13.1 Å². The number of piperidine rings is 1. The van der Waals surface area contributed by atoms with E-state index in [0.29, 0.717) is 24.1 Å². The van der Waals surface area contributed by atoms with Gasteiger partial charge in [0, 0.05) is 18.8 Å². The van der Waals surface area contributed by atoms with E-state index in [-0.39, 0.29) is 10.9 Å².